The van der Waals surface area contributed by atoms with E-state index in [0.717, 1.165) is 6.07 Å². The molecule has 148 valence electrons. The minimum Gasteiger partial charge on any atom is -0.490 e. The van der Waals surface area contributed by atoms with Crippen LogP contribution in [0.15, 0.2) is 42.5 Å². The van der Waals surface area contributed by atoms with E-state index in [9.17, 15) is 18.0 Å². The molecule has 2 aromatic rings. The average molecular weight is 394 g/mol. The summed E-state index contributed by atoms with van der Waals surface area (Å²) in [5.41, 5.74) is 0.545. The van der Waals surface area contributed by atoms with Crippen LogP contribution in [0.25, 0.3) is 0 Å². The third-order valence-corrected chi connectivity index (χ3v) is 3.41. The Morgan fingerprint density at radius 1 is 1.11 bits per heavy atom. The molecule has 28 heavy (non-hydrogen) atoms. The molecule has 0 radical (unpaired) electrons. The van der Waals surface area contributed by atoms with Gasteiger partial charge in [-0.15, -0.1) is 13.2 Å². The summed E-state index contributed by atoms with van der Waals surface area (Å²) < 4.78 is 52.0. The van der Waals surface area contributed by atoms with Gasteiger partial charge in [-0.3, -0.25) is 4.79 Å². The summed E-state index contributed by atoms with van der Waals surface area (Å²) in [4.78, 5) is 12.0. The standard InChI is InChI=1S/C19H17F3N2O4/c1-2-26-17-9-13(10-23)7-8-16(17)27-12-18(25)24-11-14-5-3-4-6-15(14)28-19(20,21)22/h3-9H,2,11-12H2,1H3,(H,24,25). The molecule has 2 aromatic carbocycles. The zero-order valence-electron chi connectivity index (χ0n) is 14.9. The Hall–Kier alpha value is -3.41. The summed E-state index contributed by atoms with van der Waals surface area (Å²) in [7, 11) is 0. The van der Waals surface area contributed by atoms with Gasteiger partial charge in [0.1, 0.15) is 5.75 Å². The maximum atomic E-state index is 12.4. The zero-order chi connectivity index (χ0) is 20.6. The van der Waals surface area contributed by atoms with Crippen molar-refractivity contribution in [3.8, 4) is 23.3 Å². The summed E-state index contributed by atoms with van der Waals surface area (Å²) in [6.45, 7) is 1.55. The maximum Gasteiger partial charge on any atom is 0.573 e. The van der Waals surface area contributed by atoms with Crippen LogP contribution in [0.2, 0.25) is 0 Å². The Morgan fingerprint density at radius 2 is 1.86 bits per heavy atom. The van der Waals surface area contributed by atoms with Crippen molar-refractivity contribution in [2.24, 2.45) is 0 Å². The Kier molecular flexibility index (Phi) is 7.09. The minimum atomic E-state index is -4.82. The zero-order valence-corrected chi connectivity index (χ0v) is 14.9. The number of para-hydroxylation sites is 1. The fourth-order valence-electron chi connectivity index (χ4n) is 2.23. The number of alkyl halides is 3. The first kappa shape index (κ1) is 20.9. The molecule has 1 amide bonds. The second-order valence-corrected chi connectivity index (χ2v) is 5.43. The molecule has 0 aliphatic carbocycles. The highest BCUT2D eigenvalue weighted by molar-refractivity contribution is 5.77. The SMILES string of the molecule is CCOc1cc(C#N)ccc1OCC(=O)NCc1ccccc1OC(F)(F)F. The molecule has 0 spiro atoms. The molecule has 9 heteroatoms. The van der Waals surface area contributed by atoms with Crippen LogP contribution in [0.5, 0.6) is 17.2 Å². The van der Waals surface area contributed by atoms with E-state index in [1.54, 1.807) is 6.92 Å². The predicted octanol–water partition coefficient (Wildman–Crippen LogP) is 3.55. The number of nitrogens with zero attached hydrogens (tertiary/aromatic N) is 1. The van der Waals surface area contributed by atoms with E-state index in [1.807, 2.05) is 6.07 Å². The number of hydrogen-bond acceptors (Lipinski definition) is 5. The highest BCUT2D eigenvalue weighted by Crippen LogP contribution is 2.28. The van der Waals surface area contributed by atoms with Crippen LogP contribution in [0.3, 0.4) is 0 Å². The van der Waals surface area contributed by atoms with E-state index in [2.05, 4.69) is 10.1 Å². The van der Waals surface area contributed by atoms with E-state index in [0.29, 0.717) is 17.9 Å². The minimum absolute atomic E-state index is 0.167. The third-order valence-electron chi connectivity index (χ3n) is 3.41. The van der Waals surface area contributed by atoms with Crippen molar-refractivity contribution < 1.29 is 32.2 Å². The van der Waals surface area contributed by atoms with E-state index in [4.69, 9.17) is 14.7 Å². The van der Waals surface area contributed by atoms with Crippen LogP contribution < -0.4 is 19.5 Å². The number of halogens is 3. The molecular formula is C19H17F3N2O4. The number of carbonyl (C=O) groups excluding carboxylic acids is 1. The molecule has 0 aromatic heterocycles. The highest BCUT2D eigenvalue weighted by atomic mass is 19.4. The third kappa shape index (κ3) is 6.39. The van der Waals surface area contributed by atoms with Gasteiger partial charge in [0.25, 0.3) is 5.91 Å². The van der Waals surface area contributed by atoms with Crippen molar-refractivity contribution in [3.05, 3.63) is 53.6 Å². The van der Waals surface area contributed by atoms with Crippen molar-refractivity contribution in [3.63, 3.8) is 0 Å². The molecule has 0 atom stereocenters. The van der Waals surface area contributed by atoms with Crippen molar-refractivity contribution in [1.82, 2.24) is 5.32 Å². The lowest BCUT2D eigenvalue weighted by Crippen LogP contribution is -2.29. The maximum absolute atomic E-state index is 12.4. The van der Waals surface area contributed by atoms with Crippen LogP contribution >= 0.6 is 0 Å². The molecule has 2 rings (SSSR count). The largest absolute Gasteiger partial charge is 0.573 e. The first-order valence-corrected chi connectivity index (χ1v) is 8.22. The summed E-state index contributed by atoms with van der Waals surface area (Å²) >= 11 is 0. The summed E-state index contributed by atoms with van der Waals surface area (Å²) in [6, 6.07) is 12.0. The van der Waals surface area contributed by atoms with E-state index in [-0.39, 0.29) is 30.2 Å². The molecular weight excluding hydrogens is 377 g/mol. The molecule has 0 fully saturated rings. The monoisotopic (exact) mass is 394 g/mol. The normalized spacial score (nSPS) is 10.7. The lowest BCUT2D eigenvalue weighted by atomic mass is 10.2. The van der Waals surface area contributed by atoms with Gasteiger partial charge < -0.3 is 19.5 Å². The fraction of sp³-hybridized carbons (Fsp3) is 0.263. The van der Waals surface area contributed by atoms with Gasteiger partial charge in [-0.1, -0.05) is 18.2 Å². The van der Waals surface area contributed by atoms with Crippen molar-refractivity contribution in [2.75, 3.05) is 13.2 Å². The topological polar surface area (TPSA) is 80.6 Å². The lowest BCUT2D eigenvalue weighted by Gasteiger charge is -2.14. The molecule has 0 unspecified atom stereocenters. The fourth-order valence-corrected chi connectivity index (χ4v) is 2.23. The van der Waals surface area contributed by atoms with Gasteiger partial charge in [-0.25, -0.2) is 0 Å². The number of hydrogen-bond donors (Lipinski definition) is 1. The second kappa shape index (κ2) is 9.50. The molecule has 0 aliphatic heterocycles. The average Bonchev–Trinajstić information content (AvgIpc) is 2.65. The smallest absolute Gasteiger partial charge is 0.490 e. The number of benzene rings is 2. The van der Waals surface area contributed by atoms with Gasteiger partial charge in [-0.05, 0) is 25.1 Å². The van der Waals surface area contributed by atoms with E-state index < -0.39 is 12.3 Å². The summed E-state index contributed by atoms with van der Waals surface area (Å²) in [5, 5.41) is 11.4. The Bertz CT molecular complexity index is 863. The van der Waals surface area contributed by atoms with Crippen LogP contribution in [-0.4, -0.2) is 25.5 Å². The highest BCUT2D eigenvalue weighted by Gasteiger charge is 2.31. The van der Waals surface area contributed by atoms with Crippen LogP contribution in [0.4, 0.5) is 13.2 Å². The number of amides is 1. The molecule has 6 nitrogen and oxygen atoms in total. The van der Waals surface area contributed by atoms with Crippen molar-refractivity contribution in [1.29, 1.82) is 5.26 Å². The Morgan fingerprint density at radius 3 is 2.54 bits per heavy atom. The van der Waals surface area contributed by atoms with Crippen LogP contribution in [0.1, 0.15) is 18.1 Å². The van der Waals surface area contributed by atoms with Crippen LogP contribution in [0, 0.1) is 11.3 Å². The Balaban J connectivity index is 1.95. The first-order chi connectivity index (χ1) is 13.3. The number of nitrogens with one attached hydrogen (secondary N) is 1. The predicted molar refractivity (Wildman–Crippen MR) is 92.8 cm³/mol. The molecule has 0 bridgehead atoms. The Labute approximate surface area is 159 Å². The number of rotatable bonds is 8. The second-order valence-electron chi connectivity index (χ2n) is 5.43. The quantitative estimate of drug-likeness (QED) is 0.741. The van der Waals surface area contributed by atoms with Gasteiger partial charge >= 0.3 is 6.36 Å². The van der Waals surface area contributed by atoms with Gasteiger partial charge in [0.05, 0.1) is 18.2 Å². The lowest BCUT2D eigenvalue weighted by molar-refractivity contribution is -0.274. The molecule has 1 N–H and O–H groups in total. The molecule has 0 aliphatic rings. The molecule has 0 heterocycles. The van der Waals surface area contributed by atoms with Gasteiger partial charge in [0, 0.05) is 18.2 Å². The first-order valence-electron chi connectivity index (χ1n) is 8.22. The van der Waals surface area contributed by atoms with Gasteiger partial charge in [0.2, 0.25) is 0 Å². The number of carbonyl (C=O) groups is 1. The van der Waals surface area contributed by atoms with E-state index in [1.165, 1.54) is 36.4 Å². The molecule has 0 saturated heterocycles. The van der Waals surface area contributed by atoms with Gasteiger partial charge in [-0.2, -0.15) is 5.26 Å². The summed E-state index contributed by atoms with van der Waals surface area (Å²) in [6.07, 6.45) is -4.82. The van der Waals surface area contributed by atoms with Crippen molar-refractivity contribution >= 4 is 5.91 Å². The van der Waals surface area contributed by atoms with Crippen molar-refractivity contribution in [2.45, 2.75) is 19.8 Å². The number of ether oxygens (including phenoxy) is 3. The summed E-state index contributed by atoms with van der Waals surface area (Å²) in [5.74, 6) is -0.342. The molecule has 0 saturated carbocycles. The van der Waals surface area contributed by atoms with E-state index >= 15 is 0 Å². The van der Waals surface area contributed by atoms with Gasteiger partial charge in [0.15, 0.2) is 18.1 Å². The number of nitriles is 1. The van der Waals surface area contributed by atoms with Crippen LogP contribution in [-0.2, 0) is 11.3 Å².